The molecule has 0 aromatic heterocycles. The predicted octanol–water partition coefficient (Wildman–Crippen LogP) is 4.63. The van der Waals surface area contributed by atoms with Gasteiger partial charge in [-0.05, 0) is 12.8 Å². The number of hydrogen-bond donors (Lipinski definition) is 1. The first-order valence-electron chi connectivity index (χ1n) is 14.7. The number of hydrogen-bond acceptors (Lipinski definition) is 7. The normalized spacial score (nSPS) is 10.9. The van der Waals surface area contributed by atoms with Crippen LogP contribution in [-0.2, 0) is 28.7 Å². The van der Waals surface area contributed by atoms with Crippen molar-refractivity contribution in [2.75, 3.05) is 40.4 Å². The molecule has 0 rings (SSSR count). The number of unbranched alkanes of at least 4 members (excludes halogenated alkanes) is 10. The summed E-state index contributed by atoms with van der Waals surface area (Å²) in [7, 11) is 2.58. The number of rotatable bonds is 24. The molecule has 0 saturated carbocycles. The monoisotopic (exact) mass is 542 g/mol. The van der Waals surface area contributed by atoms with Crippen molar-refractivity contribution in [3.8, 4) is 0 Å². The minimum Gasteiger partial charge on any atom is -0.469 e. The van der Waals surface area contributed by atoms with Crippen molar-refractivity contribution in [3.05, 3.63) is 0 Å². The molecule has 0 unspecified atom stereocenters. The van der Waals surface area contributed by atoms with Crippen molar-refractivity contribution in [2.24, 2.45) is 0 Å². The molecule has 0 radical (unpaired) electrons. The van der Waals surface area contributed by atoms with E-state index >= 15 is 0 Å². The summed E-state index contributed by atoms with van der Waals surface area (Å²) in [5, 5.41) is 10.9. The third-order valence-corrected chi connectivity index (χ3v) is 6.67. The lowest BCUT2D eigenvalue weighted by molar-refractivity contribution is -0.144. The number of nitrogens with zero attached hydrogens (tertiary/aromatic N) is 2. The smallest absolute Gasteiger partial charge is 0.306 e. The van der Waals surface area contributed by atoms with E-state index in [9.17, 15) is 24.3 Å². The number of esters is 2. The van der Waals surface area contributed by atoms with Crippen molar-refractivity contribution in [1.29, 1.82) is 0 Å². The molecule has 0 heterocycles. The molecule has 2 amide bonds. The molecule has 0 saturated heterocycles. The molecule has 222 valence electrons. The second-order valence-corrected chi connectivity index (χ2v) is 10.0. The molecule has 0 aromatic rings. The Labute approximate surface area is 230 Å². The Balaban J connectivity index is 5.10. The minimum absolute atomic E-state index is 0.00536. The highest BCUT2D eigenvalue weighted by Crippen LogP contribution is 2.11. The Kier molecular flexibility index (Phi) is 22.6. The highest BCUT2D eigenvalue weighted by molar-refractivity contribution is 5.82. The van der Waals surface area contributed by atoms with Gasteiger partial charge in [0.1, 0.15) is 0 Å². The SMILES string of the molecule is CCCCCCCCN(CC(O)CN(CCCCCCCC)C(=O)CCC(=O)OC)C(=O)CCC(=O)OC. The second kappa shape index (κ2) is 23.9. The molecule has 0 atom stereocenters. The van der Waals surface area contributed by atoms with E-state index in [2.05, 4.69) is 23.3 Å². The second-order valence-electron chi connectivity index (χ2n) is 10.0. The van der Waals surface area contributed by atoms with E-state index in [1.165, 1.54) is 27.1 Å². The minimum atomic E-state index is -0.931. The van der Waals surface area contributed by atoms with Crippen LogP contribution in [0.2, 0.25) is 0 Å². The van der Waals surface area contributed by atoms with E-state index in [-0.39, 0.29) is 50.6 Å². The molecule has 0 aromatic carbocycles. The molecule has 38 heavy (non-hydrogen) atoms. The van der Waals surface area contributed by atoms with E-state index in [4.69, 9.17) is 0 Å². The van der Waals surface area contributed by atoms with Crippen LogP contribution in [0.5, 0.6) is 0 Å². The highest BCUT2D eigenvalue weighted by Gasteiger charge is 2.23. The Bertz CT molecular complexity index is 603. The van der Waals surface area contributed by atoms with Crippen LogP contribution >= 0.6 is 0 Å². The van der Waals surface area contributed by atoms with Gasteiger partial charge in [0.05, 0.1) is 33.2 Å². The molecule has 0 aliphatic heterocycles. The standard InChI is InChI=1S/C29H54N2O7/c1-5-7-9-11-13-15-21-30(26(33)17-19-28(35)37-3)23-25(32)24-31(22-16-14-12-10-8-6-2)27(34)18-20-29(36)38-4/h25,32H,5-24H2,1-4H3. The summed E-state index contributed by atoms with van der Waals surface area (Å²) >= 11 is 0. The van der Waals surface area contributed by atoms with Crippen molar-refractivity contribution in [3.63, 3.8) is 0 Å². The van der Waals surface area contributed by atoms with E-state index in [0.717, 1.165) is 64.2 Å². The van der Waals surface area contributed by atoms with Crippen molar-refractivity contribution in [2.45, 2.75) is 123 Å². The first kappa shape index (κ1) is 35.8. The third-order valence-electron chi connectivity index (χ3n) is 6.67. The number of ether oxygens (including phenoxy) is 2. The van der Waals surface area contributed by atoms with Crippen LogP contribution in [0, 0.1) is 0 Å². The number of carbonyl (C=O) groups is 4. The van der Waals surface area contributed by atoms with Gasteiger partial charge < -0.3 is 24.4 Å². The molecule has 0 aliphatic carbocycles. The largest absolute Gasteiger partial charge is 0.469 e. The van der Waals surface area contributed by atoms with Crippen LogP contribution in [-0.4, -0.2) is 85.2 Å². The number of aliphatic hydroxyl groups is 1. The zero-order chi connectivity index (χ0) is 28.6. The van der Waals surface area contributed by atoms with Gasteiger partial charge in [-0.25, -0.2) is 0 Å². The van der Waals surface area contributed by atoms with E-state index < -0.39 is 18.0 Å². The number of aliphatic hydroxyl groups excluding tert-OH is 1. The van der Waals surface area contributed by atoms with Crippen molar-refractivity contribution in [1.82, 2.24) is 9.80 Å². The number of amides is 2. The van der Waals surface area contributed by atoms with Crippen LogP contribution in [0.15, 0.2) is 0 Å². The fourth-order valence-electron chi connectivity index (χ4n) is 4.31. The summed E-state index contributed by atoms with van der Waals surface area (Å²) < 4.78 is 9.31. The maximum Gasteiger partial charge on any atom is 0.306 e. The van der Waals surface area contributed by atoms with Gasteiger partial charge in [0, 0.05) is 39.0 Å². The quantitative estimate of drug-likeness (QED) is 0.140. The molecular formula is C29H54N2O7. The number of carbonyl (C=O) groups excluding carboxylic acids is 4. The number of methoxy groups -OCH3 is 2. The fourth-order valence-corrected chi connectivity index (χ4v) is 4.31. The predicted molar refractivity (Wildman–Crippen MR) is 148 cm³/mol. The Morgan fingerprint density at radius 2 is 0.921 bits per heavy atom. The maximum absolute atomic E-state index is 12.9. The van der Waals surface area contributed by atoms with Gasteiger partial charge in [-0.2, -0.15) is 0 Å². The average molecular weight is 543 g/mol. The molecule has 0 fully saturated rings. The van der Waals surface area contributed by atoms with E-state index in [0.29, 0.717) is 13.1 Å². The molecule has 9 heteroatoms. The zero-order valence-corrected chi connectivity index (χ0v) is 24.5. The summed E-state index contributed by atoms with van der Waals surface area (Å²) in [4.78, 5) is 52.0. The van der Waals surface area contributed by atoms with Gasteiger partial charge in [-0.15, -0.1) is 0 Å². The first-order chi connectivity index (χ1) is 18.3. The molecule has 0 bridgehead atoms. The topological polar surface area (TPSA) is 113 Å². The molecule has 0 spiro atoms. The summed E-state index contributed by atoms with van der Waals surface area (Å²) in [6, 6.07) is 0. The Morgan fingerprint density at radius 3 is 1.26 bits per heavy atom. The van der Waals surface area contributed by atoms with E-state index in [1.54, 1.807) is 9.80 Å². The van der Waals surface area contributed by atoms with Gasteiger partial charge in [-0.1, -0.05) is 78.1 Å². The summed E-state index contributed by atoms with van der Waals surface area (Å²) in [6.07, 6.45) is 12.0. The zero-order valence-electron chi connectivity index (χ0n) is 24.5. The summed E-state index contributed by atoms with van der Waals surface area (Å²) in [5.41, 5.74) is 0. The molecular weight excluding hydrogens is 488 g/mol. The van der Waals surface area contributed by atoms with Crippen LogP contribution in [0.25, 0.3) is 0 Å². The van der Waals surface area contributed by atoms with Crippen LogP contribution in [0.4, 0.5) is 0 Å². The first-order valence-corrected chi connectivity index (χ1v) is 14.7. The third kappa shape index (κ3) is 19.0. The molecule has 0 aliphatic rings. The van der Waals surface area contributed by atoms with E-state index in [1.807, 2.05) is 0 Å². The summed E-state index contributed by atoms with van der Waals surface area (Å²) in [5.74, 6) is -1.30. The van der Waals surface area contributed by atoms with Gasteiger partial charge in [0.25, 0.3) is 0 Å². The van der Waals surface area contributed by atoms with Crippen LogP contribution in [0.3, 0.4) is 0 Å². The van der Waals surface area contributed by atoms with Gasteiger partial charge in [0.2, 0.25) is 11.8 Å². The van der Waals surface area contributed by atoms with Gasteiger partial charge in [-0.3, -0.25) is 19.2 Å². The molecule has 1 N–H and O–H groups in total. The lowest BCUT2D eigenvalue weighted by Crippen LogP contribution is -2.45. The Morgan fingerprint density at radius 1 is 0.579 bits per heavy atom. The van der Waals surface area contributed by atoms with Crippen molar-refractivity contribution < 1.29 is 33.8 Å². The maximum atomic E-state index is 12.9. The lowest BCUT2D eigenvalue weighted by atomic mass is 10.1. The van der Waals surface area contributed by atoms with Crippen LogP contribution < -0.4 is 0 Å². The average Bonchev–Trinajstić information content (AvgIpc) is 2.92. The van der Waals surface area contributed by atoms with Gasteiger partial charge in [0.15, 0.2) is 0 Å². The highest BCUT2D eigenvalue weighted by atomic mass is 16.5. The lowest BCUT2D eigenvalue weighted by Gasteiger charge is -2.30. The Hall–Kier alpha value is -2.16. The van der Waals surface area contributed by atoms with Crippen LogP contribution in [0.1, 0.15) is 117 Å². The fraction of sp³-hybridized carbons (Fsp3) is 0.862. The van der Waals surface area contributed by atoms with Gasteiger partial charge >= 0.3 is 11.9 Å². The van der Waals surface area contributed by atoms with Crippen molar-refractivity contribution >= 4 is 23.8 Å². The molecule has 9 nitrogen and oxygen atoms in total. The summed E-state index contributed by atoms with van der Waals surface area (Å²) in [6.45, 7) is 5.50.